The van der Waals surface area contributed by atoms with Crippen LogP contribution in [0.1, 0.15) is 33.4 Å². The van der Waals surface area contributed by atoms with Gasteiger partial charge in [-0.2, -0.15) is 0 Å². The number of nitrogens with zero attached hydrogens (tertiary/aromatic N) is 2. The van der Waals surface area contributed by atoms with Gasteiger partial charge in [0.05, 0.1) is 26.4 Å². The molecule has 42 heavy (non-hydrogen) atoms. The topological polar surface area (TPSA) is 45.6 Å². The number of fused-ring (bicyclic) bond motifs is 2. The zero-order chi connectivity index (χ0) is 30.0. The molecule has 0 radical (unpaired) electrons. The summed E-state index contributed by atoms with van der Waals surface area (Å²) in [5.41, 5.74) is 10.0. The summed E-state index contributed by atoms with van der Waals surface area (Å²) in [6.07, 6.45) is 0. The maximum absolute atomic E-state index is 7.15. The van der Waals surface area contributed by atoms with Gasteiger partial charge in [0.2, 0.25) is 0 Å². The number of ether oxygens (including phenoxy) is 2. The van der Waals surface area contributed by atoms with E-state index in [-0.39, 0.29) is 13.8 Å². The van der Waals surface area contributed by atoms with E-state index >= 15 is 0 Å². The van der Waals surface area contributed by atoms with E-state index < -0.39 is 0 Å². The lowest BCUT2D eigenvalue weighted by atomic mass is 9.64. The molecule has 0 bridgehead atoms. The monoisotopic (exact) mass is 554 g/mol. The molecule has 2 aliphatic heterocycles. The molecule has 6 nitrogen and oxygen atoms in total. The molecular weight excluding hydrogens is 522 g/mol. The third-order valence-corrected chi connectivity index (χ3v) is 7.72. The fraction of sp³-hybridized carbons (Fsp3) is 0.235. The normalized spacial score (nSPS) is 13.0. The molecule has 8 heteroatoms. The van der Waals surface area contributed by atoms with Crippen molar-refractivity contribution in [2.45, 2.75) is 54.6 Å². The van der Waals surface area contributed by atoms with E-state index in [1.807, 2.05) is 76.2 Å². The van der Waals surface area contributed by atoms with E-state index in [2.05, 4.69) is 35.5 Å². The predicted molar refractivity (Wildman–Crippen MR) is 169 cm³/mol. The Morgan fingerprint density at radius 3 is 1.71 bits per heavy atom. The van der Waals surface area contributed by atoms with Gasteiger partial charge in [-0.25, -0.2) is 9.69 Å². The highest BCUT2D eigenvalue weighted by Gasteiger charge is 2.24. The molecule has 0 saturated carbocycles. The van der Waals surface area contributed by atoms with Gasteiger partial charge in [-0.05, 0) is 121 Å². The first kappa shape index (κ1) is 29.0. The van der Waals surface area contributed by atoms with Gasteiger partial charge >= 0.3 is 13.8 Å². The average Bonchev–Trinajstić information content (AvgIpc) is 3.54. The molecule has 0 amide bonds. The minimum absolute atomic E-state index is 0.162. The summed E-state index contributed by atoms with van der Waals surface area (Å²) in [7, 11) is 0. The van der Waals surface area contributed by atoms with Crippen molar-refractivity contribution in [3.05, 3.63) is 117 Å². The summed E-state index contributed by atoms with van der Waals surface area (Å²) in [5, 5.41) is 0. The van der Waals surface area contributed by atoms with Crippen LogP contribution in [0.2, 0.25) is 13.6 Å². The Bertz CT molecular complexity index is 1730. The van der Waals surface area contributed by atoms with Crippen molar-refractivity contribution in [1.82, 2.24) is 0 Å². The summed E-state index contributed by atoms with van der Waals surface area (Å²) < 4.78 is 23.3. The number of benzene rings is 4. The molecule has 4 aromatic rings. The van der Waals surface area contributed by atoms with Crippen LogP contribution in [0.25, 0.3) is 9.69 Å². The van der Waals surface area contributed by atoms with Crippen molar-refractivity contribution in [1.29, 1.82) is 0 Å². The second-order valence-electron chi connectivity index (χ2n) is 10.9. The van der Waals surface area contributed by atoms with Crippen LogP contribution in [0.3, 0.4) is 0 Å². The van der Waals surface area contributed by atoms with Crippen LogP contribution < -0.4 is 20.4 Å². The summed E-state index contributed by atoms with van der Waals surface area (Å²) in [6, 6.07) is 19.7. The molecule has 0 aromatic heterocycles. The number of hydrogen-bond acceptors (Lipinski definition) is 4. The molecule has 6 rings (SSSR count). The van der Waals surface area contributed by atoms with Crippen molar-refractivity contribution < 1.29 is 18.8 Å². The second-order valence-corrected chi connectivity index (χ2v) is 10.9. The van der Waals surface area contributed by atoms with Crippen LogP contribution in [-0.2, 0) is 22.5 Å². The lowest BCUT2D eigenvalue weighted by molar-refractivity contribution is 0.333. The summed E-state index contributed by atoms with van der Waals surface area (Å²) >= 11 is 0. The maximum atomic E-state index is 7.15. The third-order valence-electron chi connectivity index (χ3n) is 7.72. The quantitative estimate of drug-likeness (QED) is 0.190. The van der Waals surface area contributed by atoms with Crippen LogP contribution >= 0.6 is 0 Å². The smallest absolute Gasteiger partial charge is 0.324 e. The molecule has 2 heterocycles. The van der Waals surface area contributed by atoms with Gasteiger partial charge in [0.25, 0.3) is 0 Å². The van der Waals surface area contributed by atoms with Gasteiger partial charge in [0, 0.05) is 0 Å². The third kappa shape index (κ3) is 6.06. The average molecular weight is 554 g/mol. The molecule has 0 saturated heterocycles. The Labute approximate surface area is 249 Å². The fourth-order valence-corrected chi connectivity index (χ4v) is 5.35. The van der Waals surface area contributed by atoms with Crippen molar-refractivity contribution in [2.24, 2.45) is 0 Å². The molecule has 2 aliphatic rings. The molecule has 0 fully saturated rings. The Kier molecular flexibility index (Phi) is 8.41. The van der Waals surface area contributed by atoms with Crippen LogP contribution in [0.4, 0.5) is 11.4 Å². The van der Waals surface area contributed by atoms with E-state index in [1.54, 1.807) is 0 Å². The maximum Gasteiger partial charge on any atom is 0.324 e. The lowest BCUT2D eigenvalue weighted by Gasteiger charge is -2.13. The second kappa shape index (κ2) is 12.2. The molecule has 208 valence electrons. The Morgan fingerprint density at radius 2 is 1.19 bits per heavy atom. The Balaban J connectivity index is 0.000000168. The minimum Gasteiger partial charge on any atom is -0.457 e. The van der Waals surface area contributed by atoms with Gasteiger partial charge in [-0.3, -0.25) is 0 Å². The van der Waals surface area contributed by atoms with E-state index in [0.29, 0.717) is 24.6 Å². The zero-order valence-corrected chi connectivity index (χ0v) is 24.9. The van der Waals surface area contributed by atoms with E-state index in [1.165, 1.54) is 22.1 Å². The van der Waals surface area contributed by atoms with Crippen molar-refractivity contribution in [3.63, 3.8) is 0 Å². The summed E-state index contributed by atoms with van der Waals surface area (Å²) in [5.74, 6) is 3.25. The minimum atomic E-state index is 0.162. The van der Waals surface area contributed by atoms with Crippen molar-refractivity contribution >= 4 is 36.1 Å². The van der Waals surface area contributed by atoms with Gasteiger partial charge in [-0.15, -0.1) is 0 Å². The molecule has 0 aliphatic carbocycles. The van der Waals surface area contributed by atoms with Crippen molar-refractivity contribution in [2.75, 3.05) is 0 Å². The highest BCUT2D eigenvalue weighted by Crippen LogP contribution is 2.34. The Hall–Kier alpha value is -4.49. The van der Waals surface area contributed by atoms with Crippen molar-refractivity contribution in [3.8, 4) is 23.0 Å². The van der Waals surface area contributed by atoms with Crippen LogP contribution in [-0.4, -0.2) is 13.8 Å². The van der Waals surface area contributed by atoms with Crippen LogP contribution in [0.15, 0.2) is 60.7 Å². The first-order valence-electron chi connectivity index (χ1n) is 14.0. The van der Waals surface area contributed by atoms with E-state index in [9.17, 15) is 0 Å². The molecule has 0 atom stereocenters. The molecular formula is C34H32B2N2O4. The van der Waals surface area contributed by atoms with E-state index in [0.717, 1.165) is 45.3 Å². The summed E-state index contributed by atoms with van der Waals surface area (Å²) in [4.78, 5) is 6.99. The molecule has 0 unspecified atom stereocenters. The SMILES string of the molecule is [C-]#[N+]c1cc(C)c(Oc2ccc3c(c2)COB3C)c(C)c1.[C-]#[N+]c1cc(C)c(Oc2ccc3c(c2)COB3C)cc1C. The first-order chi connectivity index (χ1) is 20.2. The number of rotatable bonds is 4. The largest absolute Gasteiger partial charge is 0.457 e. The number of aryl methyl sites for hydroxylation is 4. The summed E-state index contributed by atoms with van der Waals surface area (Å²) in [6.45, 7) is 27.8. The molecule has 4 aromatic carbocycles. The van der Waals surface area contributed by atoms with E-state index in [4.69, 9.17) is 31.9 Å². The molecule has 0 spiro atoms. The molecule has 0 N–H and O–H groups in total. The highest BCUT2D eigenvalue weighted by molar-refractivity contribution is 6.67. The predicted octanol–water partition coefficient (Wildman–Crippen LogP) is 8.01. The zero-order valence-electron chi connectivity index (χ0n) is 24.9. The van der Waals surface area contributed by atoms with Gasteiger partial charge in [-0.1, -0.05) is 25.8 Å². The number of hydrogen-bond donors (Lipinski definition) is 0. The first-order valence-corrected chi connectivity index (χ1v) is 14.0. The van der Waals surface area contributed by atoms with Crippen LogP contribution in [0.5, 0.6) is 23.0 Å². The van der Waals surface area contributed by atoms with Gasteiger partial charge < -0.3 is 18.8 Å². The van der Waals surface area contributed by atoms with Gasteiger partial charge in [0.1, 0.15) is 23.0 Å². The highest BCUT2D eigenvalue weighted by atomic mass is 16.5. The fourth-order valence-electron chi connectivity index (χ4n) is 5.35. The van der Waals surface area contributed by atoms with Crippen LogP contribution in [0, 0.1) is 40.8 Å². The lowest BCUT2D eigenvalue weighted by Crippen LogP contribution is -2.23. The standard InChI is InChI=1S/2C17H16BNO2/c1-11-8-17(12(2)7-16(11)19-4)21-14-5-6-15-13(9-14)10-20-18(15)3;1-11-7-14(19-4)8-12(2)17(11)21-15-5-6-16-13(9-15)10-20-18(16)3/h2*5-9H,10H2,1-3H3. The Morgan fingerprint density at radius 1 is 0.643 bits per heavy atom. The van der Waals surface area contributed by atoms with Gasteiger partial charge in [0.15, 0.2) is 11.4 Å².